The van der Waals surface area contributed by atoms with Crippen molar-refractivity contribution in [3.63, 3.8) is 0 Å². The summed E-state index contributed by atoms with van der Waals surface area (Å²) in [6.45, 7) is 0.308. The van der Waals surface area contributed by atoms with Gasteiger partial charge in [0.2, 0.25) is 5.91 Å². The third-order valence-corrected chi connectivity index (χ3v) is 2.73. The molecule has 0 fully saturated rings. The first-order chi connectivity index (χ1) is 8.58. The van der Waals surface area contributed by atoms with Gasteiger partial charge in [0.05, 0.1) is 6.10 Å². The summed E-state index contributed by atoms with van der Waals surface area (Å²) in [6.07, 6.45) is -1.55. The summed E-state index contributed by atoms with van der Waals surface area (Å²) in [5.74, 6) is -0.410. The number of nitrogens with two attached hydrogens (primary N) is 1. The van der Waals surface area contributed by atoms with Crippen molar-refractivity contribution in [2.45, 2.75) is 18.6 Å². The zero-order valence-electron chi connectivity index (χ0n) is 9.84. The molecular weight excluding hydrogens is 256 g/mol. The fourth-order valence-corrected chi connectivity index (χ4v) is 1.58. The van der Waals surface area contributed by atoms with Crippen molar-refractivity contribution >= 4 is 23.2 Å². The quantitative estimate of drug-likeness (QED) is 0.571. The number of carbonyl (C=O) groups is 1. The Morgan fingerprint density at radius 1 is 1.33 bits per heavy atom. The average molecular weight is 273 g/mol. The molecule has 1 aromatic carbocycles. The van der Waals surface area contributed by atoms with Gasteiger partial charge in [-0.25, -0.2) is 0 Å². The van der Waals surface area contributed by atoms with Crippen LogP contribution in [-0.2, 0) is 4.79 Å². The van der Waals surface area contributed by atoms with E-state index in [0.717, 1.165) is 0 Å². The number of hydrogen-bond acceptors (Lipinski definition) is 4. The van der Waals surface area contributed by atoms with Crippen LogP contribution >= 0.6 is 11.6 Å². The number of benzene rings is 1. The first kappa shape index (κ1) is 14.9. The Morgan fingerprint density at radius 2 is 1.94 bits per heavy atom. The van der Waals surface area contributed by atoms with Crippen LogP contribution in [0, 0.1) is 0 Å². The number of hydrogen-bond donors (Lipinski definition) is 4. The van der Waals surface area contributed by atoms with Gasteiger partial charge in [0.15, 0.2) is 0 Å². The molecule has 0 aliphatic heterocycles. The van der Waals surface area contributed by atoms with Crippen LogP contribution < -0.4 is 11.1 Å². The molecule has 1 aromatic rings. The highest BCUT2D eigenvalue weighted by atomic mass is 35.5. The predicted molar refractivity (Wildman–Crippen MR) is 70.4 cm³/mol. The van der Waals surface area contributed by atoms with Gasteiger partial charge in [-0.15, -0.1) is 11.6 Å². The lowest BCUT2D eigenvalue weighted by Gasteiger charge is -2.17. The minimum absolute atomic E-state index is 0.112. The van der Waals surface area contributed by atoms with Gasteiger partial charge in [-0.1, -0.05) is 12.1 Å². The smallest absolute Gasteiger partial charge is 0.239 e. The van der Waals surface area contributed by atoms with Gasteiger partial charge in [0, 0.05) is 5.69 Å². The van der Waals surface area contributed by atoms with Gasteiger partial charge in [0.1, 0.15) is 12.0 Å². The molecule has 0 spiro atoms. The highest BCUT2D eigenvalue weighted by Crippen LogP contribution is 2.20. The number of aliphatic hydroxyl groups is 2. The number of aliphatic hydroxyl groups excluding tert-OH is 2. The number of anilines is 1. The third kappa shape index (κ3) is 4.27. The first-order valence-electron chi connectivity index (χ1n) is 5.60. The fourth-order valence-electron chi connectivity index (χ4n) is 1.51. The fraction of sp³-hybridized carbons (Fsp3) is 0.417. The van der Waals surface area contributed by atoms with Crippen LogP contribution in [0.25, 0.3) is 0 Å². The van der Waals surface area contributed by atoms with Crippen molar-refractivity contribution in [1.29, 1.82) is 0 Å². The molecule has 1 amide bonds. The molecule has 0 aliphatic rings. The minimum atomic E-state index is -0.980. The Kier molecular flexibility index (Phi) is 6.07. The first-order valence-corrected chi connectivity index (χ1v) is 6.14. The minimum Gasteiger partial charge on any atom is -0.390 e. The van der Waals surface area contributed by atoms with Crippen LogP contribution in [-0.4, -0.2) is 34.6 Å². The lowest BCUT2D eigenvalue weighted by atomic mass is 10.0. The highest BCUT2D eigenvalue weighted by Gasteiger charge is 2.17. The second-order valence-electron chi connectivity index (χ2n) is 3.89. The third-order valence-electron chi connectivity index (χ3n) is 2.48. The second kappa shape index (κ2) is 7.33. The van der Waals surface area contributed by atoms with Crippen molar-refractivity contribution in [2.75, 3.05) is 17.7 Å². The maximum Gasteiger partial charge on any atom is 0.239 e. The van der Waals surface area contributed by atoms with E-state index in [1.807, 2.05) is 0 Å². The second-order valence-corrected chi connectivity index (χ2v) is 4.16. The van der Waals surface area contributed by atoms with E-state index in [9.17, 15) is 15.0 Å². The normalized spacial score (nSPS) is 14.0. The summed E-state index contributed by atoms with van der Waals surface area (Å²) in [6, 6.07) is 6.54. The van der Waals surface area contributed by atoms with Gasteiger partial charge in [-0.2, -0.15) is 0 Å². The van der Waals surface area contributed by atoms with E-state index in [2.05, 4.69) is 5.32 Å². The number of halogens is 1. The molecule has 0 saturated carbocycles. The van der Waals surface area contributed by atoms with E-state index in [4.69, 9.17) is 17.3 Å². The lowest BCUT2D eigenvalue weighted by Crippen LogP contribution is -2.21. The van der Waals surface area contributed by atoms with Gasteiger partial charge in [-0.3, -0.25) is 4.79 Å². The Hall–Kier alpha value is -1.14. The summed E-state index contributed by atoms with van der Waals surface area (Å²) in [5.41, 5.74) is 6.47. The summed E-state index contributed by atoms with van der Waals surface area (Å²) < 4.78 is 0. The predicted octanol–water partition coefficient (Wildman–Crippen LogP) is 0.607. The maximum absolute atomic E-state index is 11.0. The summed E-state index contributed by atoms with van der Waals surface area (Å²) in [4.78, 5) is 11.0. The Balaban J connectivity index is 2.67. The van der Waals surface area contributed by atoms with Gasteiger partial charge >= 0.3 is 0 Å². The Bertz CT molecular complexity index is 383. The van der Waals surface area contributed by atoms with Gasteiger partial charge in [0.25, 0.3) is 0 Å². The molecule has 100 valence electrons. The van der Waals surface area contributed by atoms with E-state index >= 15 is 0 Å². The van der Waals surface area contributed by atoms with Crippen molar-refractivity contribution in [3.05, 3.63) is 29.8 Å². The van der Waals surface area contributed by atoms with Crippen LogP contribution in [0.15, 0.2) is 24.3 Å². The molecule has 5 nitrogen and oxygen atoms in total. The molecule has 0 aliphatic carbocycles. The van der Waals surface area contributed by atoms with Crippen LogP contribution in [0.4, 0.5) is 5.69 Å². The molecule has 0 saturated heterocycles. The monoisotopic (exact) mass is 272 g/mol. The molecule has 5 N–H and O–H groups in total. The largest absolute Gasteiger partial charge is 0.390 e. The summed E-state index contributed by atoms with van der Waals surface area (Å²) in [5, 5.41) is 22.0. The molecule has 2 atom stereocenters. The Morgan fingerprint density at radius 3 is 2.44 bits per heavy atom. The van der Waals surface area contributed by atoms with Crippen molar-refractivity contribution in [1.82, 2.24) is 0 Å². The zero-order valence-corrected chi connectivity index (χ0v) is 10.6. The van der Waals surface area contributed by atoms with Crippen LogP contribution in [0.2, 0.25) is 0 Å². The lowest BCUT2D eigenvalue weighted by molar-refractivity contribution is -0.113. The SMILES string of the molecule is NCCC(O)C(O)c1ccc(NC(=O)CCl)cc1. The number of nitrogens with one attached hydrogen (secondary N) is 1. The van der Waals surface area contributed by atoms with Crippen molar-refractivity contribution < 1.29 is 15.0 Å². The Labute approximate surface area is 111 Å². The topological polar surface area (TPSA) is 95.6 Å². The molecule has 0 bridgehead atoms. The van der Waals surface area contributed by atoms with Gasteiger partial charge in [-0.05, 0) is 30.7 Å². The summed E-state index contributed by atoms with van der Waals surface area (Å²) >= 11 is 5.36. The van der Waals surface area contributed by atoms with E-state index in [1.165, 1.54) is 0 Å². The van der Waals surface area contributed by atoms with E-state index in [0.29, 0.717) is 24.2 Å². The van der Waals surface area contributed by atoms with Crippen LogP contribution in [0.5, 0.6) is 0 Å². The standard InChI is InChI=1S/C12H17ClN2O3/c13-7-11(17)15-9-3-1-8(2-4-9)12(18)10(16)5-6-14/h1-4,10,12,16,18H,5-7,14H2,(H,15,17). The highest BCUT2D eigenvalue weighted by molar-refractivity contribution is 6.29. The molecule has 0 heterocycles. The van der Waals surface area contributed by atoms with Crippen molar-refractivity contribution in [2.24, 2.45) is 5.73 Å². The molecule has 1 rings (SSSR count). The number of rotatable bonds is 6. The molecule has 18 heavy (non-hydrogen) atoms. The van der Waals surface area contributed by atoms with Gasteiger partial charge < -0.3 is 21.3 Å². The maximum atomic E-state index is 11.0. The molecule has 6 heteroatoms. The number of carbonyl (C=O) groups excluding carboxylic acids is 1. The number of amides is 1. The van der Waals surface area contributed by atoms with E-state index in [-0.39, 0.29) is 11.8 Å². The van der Waals surface area contributed by atoms with Crippen LogP contribution in [0.1, 0.15) is 18.1 Å². The molecular formula is C12H17ClN2O3. The average Bonchev–Trinajstić information content (AvgIpc) is 2.39. The summed E-state index contributed by atoms with van der Waals surface area (Å²) in [7, 11) is 0. The molecule has 0 radical (unpaired) electrons. The van der Waals surface area contributed by atoms with Crippen molar-refractivity contribution in [3.8, 4) is 0 Å². The molecule has 2 unspecified atom stereocenters. The molecule has 0 aromatic heterocycles. The van der Waals surface area contributed by atoms with E-state index in [1.54, 1.807) is 24.3 Å². The van der Waals surface area contributed by atoms with Crippen LogP contribution in [0.3, 0.4) is 0 Å². The van der Waals surface area contributed by atoms with E-state index < -0.39 is 12.2 Å². The number of alkyl halides is 1. The zero-order chi connectivity index (χ0) is 13.5.